The van der Waals surface area contributed by atoms with E-state index in [0.717, 1.165) is 12.8 Å². The number of aromatic hydroxyl groups is 1. The maximum atomic E-state index is 11.8. The number of rotatable bonds is 12. The molecule has 0 aliphatic heterocycles. The molecule has 0 spiro atoms. The van der Waals surface area contributed by atoms with E-state index in [4.69, 9.17) is 10.5 Å². The quantitative estimate of drug-likeness (QED) is 0.244. The molecule has 0 radical (unpaired) electrons. The topological polar surface area (TPSA) is 72.5 Å². The summed E-state index contributed by atoms with van der Waals surface area (Å²) in [6.07, 6.45) is 12.5. The van der Waals surface area contributed by atoms with Gasteiger partial charge in [-0.25, -0.2) is 4.79 Å². The van der Waals surface area contributed by atoms with Crippen LogP contribution in [0.5, 0.6) is 5.75 Å². The van der Waals surface area contributed by atoms with Gasteiger partial charge in [-0.2, -0.15) is 0 Å². The van der Waals surface area contributed by atoms with E-state index < -0.39 is 0 Å². The second-order valence-electron chi connectivity index (χ2n) is 6.09. The summed E-state index contributed by atoms with van der Waals surface area (Å²) in [6.45, 7) is 2.68. The molecule has 130 valence electrons. The maximum absolute atomic E-state index is 11.8. The lowest BCUT2D eigenvalue weighted by atomic mass is 10.1. The van der Waals surface area contributed by atoms with Crippen LogP contribution < -0.4 is 5.73 Å². The Morgan fingerprint density at radius 1 is 1.00 bits per heavy atom. The van der Waals surface area contributed by atoms with Crippen molar-refractivity contribution in [3.05, 3.63) is 23.8 Å². The summed E-state index contributed by atoms with van der Waals surface area (Å²) in [7, 11) is 0. The molecule has 0 aromatic heterocycles. The van der Waals surface area contributed by atoms with Crippen LogP contribution in [0.25, 0.3) is 0 Å². The second kappa shape index (κ2) is 11.8. The molecule has 0 saturated carbocycles. The molecule has 23 heavy (non-hydrogen) atoms. The summed E-state index contributed by atoms with van der Waals surface area (Å²) >= 11 is 0. The molecule has 0 fully saturated rings. The minimum absolute atomic E-state index is 0.0174. The van der Waals surface area contributed by atoms with E-state index in [1.54, 1.807) is 0 Å². The van der Waals surface area contributed by atoms with E-state index in [9.17, 15) is 9.90 Å². The van der Waals surface area contributed by atoms with E-state index >= 15 is 0 Å². The highest BCUT2D eigenvalue weighted by molar-refractivity contribution is 5.90. The Morgan fingerprint density at radius 3 is 2.13 bits per heavy atom. The van der Waals surface area contributed by atoms with E-state index in [1.807, 2.05) is 0 Å². The Balaban J connectivity index is 2.00. The van der Waals surface area contributed by atoms with Gasteiger partial charge in [0.05, 0.1) is 17.9 Å². The van der Waals surface area contributed by atoms with Crippen LogP contribution in [0, 0.1) is 0 Å². The number of anilines is 1. The minimum atomic E-state index is -0.382. The fourth-order valence-corrected chi connectivity index (χ4v) is 2.52. The summed E-state index contributed by atoms with van der Waals surface area (Å²) < 4.78 is 5.22. The fraction of sp³-hybridized carbons (Fsp3) is 0.632. The molecule has 4 heteroatoms. The van der Waals surface area contributed by atoms with Crippen LogP contribution in [-0.2, 0) is 4.74 Å². The zero-order valence-corrected chi connectivity index (χ0v) is 14.4. The van der Waals surface area contributed by atoms with Gasteiger partial charge in [-0.15, -0.1) is 0 Å². The number of carbonyl (C=O) groups excluding carboxylic acids is 1. The second-order valence-corrected chi connectivity index (χ2v) is 6.09. The molecule has 0 bridgehead atoms. The lowest BCUT2D eigenvalue weighted by molar-refractivity contribution is 0.0497. The number of carbonyl (C=O) groups is 1. The van der Waals surface area contributed by atoms with E-state index in [2.05, 4.69) is 6.92 Å². The number of ether oxygens (including phenoxy) is 1. The first kappa shape index (κ1) is 19.3. The van der Waals surface area contributed by atoms with Crippen LogP contribution in [0.3, 0.4) is 0 Å². The van der Waals surface area contributed by atoms with Crippen LogP contribution in [0.1, 0.15) is 81.5 Å². The van der Waals surface area contributed by atoms with Crippen LogP contribution >= 0.6 is 0 Å². The first-order valence-electron chi connectivity index (χ1n) is 8.90. The summed E-state index contributed by atoms with van der Waals surface area (Å²) in [5.41, 5.74) is 6.14. The third-order valence-electron chi connectivity index (χ3n) is 3.99. The smallest absolute Gasteiger partial charge is 0.338 e. The van der Waals surface area contributed by atoms with Gasteiger partial charge in [0.1, 0.15) is 5.75 Å². The van der Waals surface area contributed by atoms with E-state index in [1.165, 1.54) is 69.6 Å². The van der Waals surface area contributed by atoms with Crippen molar-refractivity contribution in [1.29, 1.82) is 0 Å². The third kappa shape index (κ3) is 8.48. The Morgan fingerprint density at radius 2 is 1.57 bits per heavy atom. The van der Waals surface area contributed by atoms with Crippen molar-refractivity contribution in [2.24, 2.45) is 0 Å². The molecule has 0 amide bonds. The number of hydrogen-bond acceptors (Lipinski definition) is 4. The first-order chi connectivity index (χ1) is 11.1. The van der Waals surface area contributed by atoms with Crippen molar-refractivity contribution in [2.45, 2.75) is 71.1 Å². The van der Waals surface area contributed by atoms with Crippen LogP contribution in [-0.4, -0.2) is 17.7 Å². The molecule has 0 aliphatic rings. The maximum Gasteiger partial charge on any atom is 0.338 e. The third-order valence-corrected chi connectivity index (χ3v) is 3.99. The average molecular weight is 321 g/mol. The van der Waals surface area contributed by atoms with Crippen molar-refractivity contribution in [2.75, 3.05) is 12.3 Å². The number of nitrogen functional groups attached to an aromatic ring is 1. The Hall–Kier alpha value is -1.71. The van der Waals surface area contributed by atoms with Crippen molar-refractivity contribution < 1.29 is 14.6 Å². The summed E-state index contributed by atoms with van der Waals surface area (Å²) in [5, 5.41) is 9.33. The molecule has 0 saturated heterocycles. The molecule has 0 aliphatic carbocycles. The van der Waals surface area contributed by atoms with Crippen molar-refractivity contribution in [3.8, 4) is 5.75 Å². The molecule has 0 unspecified atom stereocenters. The highest BCUT2D eigenvalue weighted by Crippen LogP contribution is 2.20. The first-order valence-corrected chi connectivity index (χ1v) is 8.90. The van der Waals surface area contributed by atoms with Crippen LogP contribution in [0.4, 0.5) is 5.69 Å². The number of hydrogen-bond donors (Lipinski definition) is 2. The Labute approximate surface area is 140 Å². The van der Waals surface area contributed by atoms with Crippen molar-refractivity contribution in [3.63, 3.8) is 0 Å². The van der Waals surface area contributed by atoms with Gasteiger partial charge in [-0.3, -0.25) is 0 Å². The number of esters is 1. The molecule has 0 heterocycles. The average Bonchev–Trinajstić information content (AvgIpc) is 2.55. The highest BCUT2D eigenvalue weighted by atomic mass is 16.5. The van der Waals surface area contributed by atoms with Crippen LogP contribution in [0.2, 0.25) is 0 Å². The fourth-order valence-electron chi connectivity index (χ4n) is 2.52. The van der Waals surface area contributed by atoms with Gasteiger partial charge in [0, 0.05) is 0 Å². The van der Waals surface area contributed by atoms with E-state index in [0.29, 0.717) is 12.2 Å². The monoisotopic (exact) mass is 321 g/mol. The van der Waals surface area contributed by atoms with E-state index in [-0.39, 0.29) is 17.4 Å². The number of phenols is 1. The summed E-state index contributed by atoms with van der Waals surface area (Å²) in [5.74, 6) is -0.399. The van der Waals surface area contributed by atoms with Gasteiger partial charge < -0.3 is 15.6 Å². The molecule has 4 nitrogen and oxygen atoms in total. The molecule has 1 rings (SSSR count). The predicted octanol–water partition coefficient (Wildman–Crippen LogP) is 5.05. The SMILES string of the molecule is CCCCCCCCCCCCOC(=O)c1ccc(O)c(N)c1. The number of unbranched alkanes of at least 4 members (excludes halogenated alkanes) is 9. The minimum Gasteiger partial charge on any atom is -0.506 e. The Bertz CT molecular complexity index is 460. The molecular formula is C19H31NO3. The summed E-state index contributed by atoms with van der Waals surface area (Å²) in [4.78, 5) is 11.8. The summed E-state index contributed by atoms with van der Waals surface area (Å²) in [6, 6.07) is 4.37. The standard InChI is InChI=1S/C19H31NO3/c1-2-3-4-5-6-7-8-9-10-11-14-23-19(22)16-12-13-18(21)17(20)15-16/h12-13,15,21H,2-11,14,20H2,1H3. The zero-order chi connectivity index (χ0) is 16.9. The molecule has 0 atom stereocenters. The lowest BCUT2D eigenvalue weighted by Crippen LogP contribution is -2.07. The Kier molecular flexibility index (Phi) is 9.92. The van der Waals surface area contributed by atoms with Gasteiger partial charge in [-0.1, -0.05) is 64.7 Å². The zero-order valence-electron chi connectivity index (χ0n) is 14.4. The normalized spacial score (nSPS) is 10.7. The van der Waals surface area contributed by atoms with Crippen LogP contribution in [0.15, 0.2) is 18.2 Å². The van der Waals surface area contributed by atoms with Gasteiger partial charge in [-0.05, 0) is 24.6 Å². The van der Waals surface area contributed by atoms with Gasteiger partial charge in [0.25, 0.3) is 0 Å². The highest BCUT2D eigenvalue weighted by Gasteiger charge is 2.08. The molecular weight excluding hydrogens is 290 g/mol. The molecule has 3 N–H and O–H groups in total. The van der Waals surface area contributed by atoms with Gasteiger partial charge >= 0.3 is 5.97 Å². The van der Waals surface area contributed by atoms with Crippen molar-refractivity contribution in [1.82, 2.24) is 0 Å². The van der Waals surface area contributed by atoms with Gasteiger partial charge in [0.2, 0.25) is 0 Å². The predicted molar refractivity (Wildman–Crippen MR) is 94.6 cm³/mol. The lowest BCUT2D eigenvalue weighted by Gasteiger charge is -2.06. The van der Waals surface area contributed by atoms with Gasteiger partial charge in [0.15, 0.2) is 0 Å². The molecule has 1 aromatic rings. The largest absolute Gasteiger partial charge is 0.506 e. The molecule has 1 aromatic carbocycles. The van der Waals surface area contributed by atoms with Crippen molar-refractivity contribution >= 4 is 11.7 Å². The number of phenolic OH excluding ortho intramolecular Hbond substituents is 1. The number of nitrogens with two attached hydrogens (primary N) is 1. The number of benzene rings is 1.